The van der Waals surface area contributed by atoms with Crippen LogP contribution in [0.25, 0.3) is 0 Å². The van der Waals surface area contributed by atoms with Crippen LogP contribution in [0.1, 0.15) is 29.7 Å². The van der Waals surface area contributed by atoms with Crippen molar-refractivity contribution in [1.82, 2.24) is 0 Å². The Bertz CT molecular complexity index is 578. The van der Waals surface area contributed by atoms with Crippen LogP contribution >= 0.6 is 0 Å². The summed E-state index contributed by atoms with van der Waals surface area (Å²) >= 11 is 0. The molecule has 1 atom stereocenters. The minimum atomic E-state index is 0.156. The van der Waals surface area contributed by atoms with E-state index in [1.165, 1.54) is 5.56 Å². The molecule has 0 heterocycles. The van der Waals surface area contributed by atoms with Gasteiger partial charge in [0.2, 0.25) is 0 Å². The van der Waals surface area contributed by atoms with Gasteiger partial charge < -0.3 is 15.2 Å². The van der Waals surface area contributed by atoms with E-state index >= 15 is 0 Å². The Morgan fingerprint density at radius 1 is 1.14 bits per heavy atom. The second-order valence-electron chi connectivity index (χ2n) is 5.28. The van der Waals surface area contributed by atoms with Crippen LogP contribution in [0.15, 0.2) is 42.5 Å². The third-order valence-corrected chi connectivity index (χ3v) is 3.59. The molecular formula is C18H23NO2. The normalized spacial score (nSPS) is 12.0. The minimum absolute atomic E-state index is 0.156. The van der Waals surface area contributed by atoms with Crippen LogP contribution in [-0.4, -0.2) is 18.8 Å². The number of aliphatic hydroxyl groups excluding tert-OH is 1. The zero-order chi connectivity index (χ0) is 15.2. The van der Waals surface area contributed by atoms with Gasteiger partial charge in [0, 0.05) is 17.9 Å². The number of hydrogen-bond acceptors (Lipinski definition) is 3. The smallest absolute Gasteiger partial charge is 0.124 e. The highest BCUT2D eigenvalue weighted by atomic mass is 16.5. The predicted octanol–water partition coefficient (Wildman–Crippen LogP) is 3.71. The molecule has 0 amide bonds. The summed E-state index contributed by atoms with van der Waals surface area (Å²) in [5, 5.41) is 12.4. The summed E-state index contributed by atoms with van der Waals surface area (Å²) in [6.07, 6.45) is 0.696. The molecule has 0 aromatic heterocycles. The van der Waals surface area contributed by atoms with Gasteiger partial charge in [-0.15, -0.1) is 0 Å². The molecule has 0 aliphatic rings. The fourth-order valence-electron chi connectivity index (χ4n) is 2.42. The third kappa shape index (κ3) is 3.99. The van der Waals surface area contributed by atoms with Gasteiger partial charge in [-0.3, -0.25) is 0 Å². The summed E-state index contributed by atoms with van der Waals surface area (Å²) in [5.74, 6) is 0.900. The SMILES string of the molecule is COc1ccc(C)cc1C(C)Nc1ccc(CCO)cc1. The maximum absolute atomic E-state index is 8.94. The zero-order valence-electron chi connectivity index (χ0n) is 12.9. The molecule has 0 bridgehead atoms. The quantitative estimate of drug-likeness (QED) is 0.850. The molecule has 3 nitrogen and oxygen atoms in total. The number of anilines is 1. The molecule has 21 heavy (non-hydrogen) atoms. The van der Waals surface area contributed by atoms with Crippen molar-refractivity contribution < 1.29 is 9.84 Å². The summed E-state index contributed by atoms with van der Waals surface area (Å²) in [6.45, 7) is 4.39. The van der Waals surface area contributed by atoms with Crippen molar-refractivity contribution in [2.45, 2.75) is 26.3 Å². The standard InChI is InChI=1S/C18H23NO2/c1-13-4-9-18(21-3)17(12-13)14(2)19-16-7-5-15(6-8-16)10-11-20/h4-9,12,14,19-20H,10-11H2,1-3H3. The fourth-order valence-corrected chi connectivity index (χ4v) is 2.42. The summed E-state index contributed by atoms with van der Waals surface area (Å²) in [4.78, 5) is 0. The van der Waals surface area contributed by atoms with E-state index in [0.29, 0.717) is 6.42 Å². The number of ether oxygens (including phenoxy) is 1. The highest BCUT2D eigenvalue weighted by molar-refractivity contribution is 5.49. The van der Waals surface area contributed by atoms with Crippen LogP contribution < -0.4 is 10.1 Å². The summed E-state index contributed by atoms with van der Waals surface area (Å²) in [6, 6.07) is 14.5. The molecule has 0 saturated carbocycles. The maximum atomic E-state index is 8.94. The van der Waals surface area contributed by atoms with Gasteiger partial charge in [-0.05, 0) is 44.0 Å². The van der Waals surface area contributed by atoms with E-state index in [2.05, 4.69) is 31.3 Å². The minimum Gasteiger partial charge on any atom is -0.496 e. The molecule has 0 saturated heterocycles. The van der Waals surface area contributed by atoms with E-state index < -0.39 is 0 Å². The molecule has 2 rings (SSSR count). The highest BCUT2D eigenvalue weighted by Gasteiger charge is 2.11. The van der Waals surface area contributed by atoms with E-state index in [9.17, 15) is 0 Å². The summed E-state index contributed by atoms with van der Waals surface area (Å²) in [5.41, 5.74) is 4.58. The lowest BCUT2D eigenvalue weighted by Gasteiger charge is -2.19. The van der Waals surface area contributed by atoms with E-state index in [1.807, 2.05) is 30.3 Å². The first-order chi connectivity index (χ1) is 10.1. The second kappa shape index (κ2) is 7.14. The number of benzene rings is 2. The van der Waals surface area contributed by atoms with Gasteiger partial charge in [0.25, 0.3) is 0 Å². The van der Waals surface area contributed by atoms with Crippen molar-refractivity contribution in [3.63, 3.8) is 0 Å². The molecule has 2 aromatic carbocycles. The summed E-state index contributed by atoms with van der Waals surface area (Å²) < 4.78 is 5.44. The van der Waals surface area contributed by atoms with Crippen molar-refractivity contribution in [3.05, 3.63) is 59.2 Å². The largest absolute Gasteiger partial charge is 0.496 e. The van der Waals surface area contributed by atoms with E-state index in [1.54, 1.807) is 7.11 Å². The molecule has 0 spiro atoms. The average molecular weight is 285 g/mol. The van der Waals surface area contributed by atoms with Crippen LogP contribution in [0.3, 0.4) is 0 Å². The van der Waals surface area contributed by atoms with E-state index in [0.717, 1.165) is 22.6 Å². The van der Waals surface area contributed by atoms with Gasteiger partial charge in [-0.2, -0.15) is 0 Å². The second-order valence-corrected chi connectivity index (χ2v) is 5.28. The topological polar surface area (TPSA) is 41.5 Å². The van der Waals surface area contributed by atoms with Gasteiger partial charge in [-0.25, -0.2) is 0 Å². The number of rotatable bonds is 6. The van der Waals surface area contributed by atoms with Crippen LogP contribution in [0.5, 0.6) is 5.75 Å². The van der Waals surface area contributed by atoms with Crippen molar-refractivity contribution in [2.75, 3.05) is 19.0 Å². The maximum Gasteiger partial charge on any atom is 0.124 e. The molecule has 3 heteroatoms. The Morgan fingerprint density at radius 3 is 2.48 bits per heavy atom. The first-order valence-corrected chi connectivity index (χ1v) is 7.25. The molecule has 1 unspecified atom stereocenters. The number of hydrogen-bond donors (Lipinski definition) is 2. The lowest BCUT2D eigenvalue weighted by Crippen LogP contribution is -2.08. The van der Waals surface area contributed by atoms with Crippen LogP contribution in [0, 0.1) is 6.92 Å². The zero-order valence-corrected chi connectivity index (χ0v) is 12.9. The molecule has 0 radical (unpaired) electrons. The Labute approximate surface area is 126 Å². The van der Waals surface area contributed by atoms with Crippen LogP contribution in [0.4, 0.5) is 5.69 Å². The molecule has 112 valence electrons. The van der Waals surface area contributed by atoms with Gasteiger partial charge >= 0.3 is 0 Å². The van der Waals surface area contributed by atoms with E-state index in [-0.39, 0.29) is 12.6 Å². The number of aliphatic hydroxyl groups is 1. The molecule has 0 aliphatic heterocycles. The molecule has 2 N–H and O–H groups in total. The van der Waals surface area contributed by atoms with Crippen molar-refractivity contribution in [2.24, 2.45) is 0 Å². The Balaban J connectivity index is 2.13. The lowest BCUT2D eigenvalue weighted by atomic mass is 10.0. The third-order valence-electron chi connectivity index (χ3n) is 3.59. The number of methoxy groups -OCH3 is 1. The Hall–Kier alpha value is -2.00. The predicted molar refractivity (Wildman–Crippen MR) is 87.0 cm³/mol. The monoisotopic (exact) mass is 285 g/mol. The van der Waals surface area contributed by atoms with Crippen molar-refractivity contribution in [1.29, 1.82) is 0 Å². The Morgan fingerprint density at radius 2 is 1.86 bits per heavy atom. The first kappa shape index (κ1) is 15.4. The first-order valence-electron chi connectivity index (χ1n) is 7.25. The number of aryl methyl sites for hydroxylation is 1. The van der Waals surface area contributed by atoms with Crippen LogP contribution in [0.2, 0.25) is 0 Å². The Kier molecular flexibility index (Phi) is 5.23. The molecule has 0 fully saturated rings. The lowest BCUT2D eigenvalue weighted by molar-refractivity contribution is 0.299. The van der Waals surface area contributed by atoms with Crippen LogP contribution in [-0.2, 0) is 6.42 Å². The molecular weight excluding hydrogens is 262 g/mol. The van der Waals surface area contributed by atoms with Crippen molar-refractivity contribution in [3.8, 4) is 5.75 Å². The number of nitrogens with one attached hydrogen (secondary N) is 1. The van der Waals surface area contributed by atoms with Crippen molar-refractivity contribution >= 4 is 5.69 Å². The highest BCUT2D eigenvalue weighted by Crippen LogP contribution is 2.28. The fraction of sp³-hybridized carbons (Fsp3) is 0.333. The van der Waals surface area contributed by atoms with Gasteiger partial charge in [-0.1, -0.05) is 29.8 Å². The van der Waals surface area contributed by atoms with Gasteiger partial charge in [0.1, 0.15) is 5.75 Å². The molecule has 0 aliphatic carbocycles. The van der Waals surface area contributed by atoms with Gasteiger partial charge in [0.05, 0.1) is 13.2 Å². The molecule has 2 aromatic rings. The van der Waals surface area contributed by atoms with E-state index in [4.69, 9.17) is 9.84 Å². The van der Waals surface area contributed by atoms with Gasteiger partial charge in [0.15, 0.2) is 0 Å². The summed E-state index contributed by atoms with van der Waals surface area (Å²) in [7, 11) is 1.70. The average Bonchev–Trinajstić information content (AvgIpc) is 2.49.